The van der Waals surface area contributed by atoms with Gasteiger partial charge in [-0.3, -0.25) is 9.59 Å². The van der Waals surface area contributed by atoms with E-state index in [1.54, 1.807) is 24.3 Å². The van der Waals surface area contributed by atoms with Gasteiger partial charge in [0, 0.05) is 0 Å². The van der Waals surface area contributed by atoms with E-state index in [-0.39, 0.29) is 6.42 Å². The van der Waals surface area contributed by atoms with E-state index in [4.69, 9.17) is 14.6 Å². The lowest BCUT2D eigenvalue weighted by molar-refractivity contribution is -0.144. The highest BCUT2D eigenvalue weighted by atomic mass is 16.6. The van der Waals surface area contributed by atoms with E-state index < -0.39 is 24.0 Å². The smallest absolute Gasteiger partial charge is 0.311 e. The van der Waals surface area contributed by atoms with Gasteiger partial charge in [0.2, 0.25) is 0 Å². The monoisotopic (exact) mass is 264 g/mol. The van der Waals surface area contributed by atoms with E-state index in [0.29, 0.717) is 17.9 Å². The maximum absolute atomic E-state index is 11.3. The molecular weight excluding hydrogens is 248 g/mol. The quantitative estimate of drug-likeness (QED) is 0.825. The van der Waals surface area contributed by atoms with Crippen molar-refractivity contribution >= 4 is 11.9 Å². The van der Waals surface area contributed by atoms with Crippen molar-refractivity contribution in [2.75, 3.05) is 6.61 Å². The van der Waals surface area contributed by atoms with Gasteiger partial charge in [-0.25, -0.2) is 0 Å². The van der Waals surface area contributed by atoms with Gasteiger partial charge in [-0.05, 0) is 24.1 Å². The van der Waals surface area contributed by atoms with Crippen LogP contribution < -0.4 is 4.74 Å². The van der Waals surface area contributed by atoms with Crippen molar-refractivity contribution < 1.29 is 24.2 Å². The fourth-order valence-electron chi connectivity index (χ4n) is 2.08. The van der Waals surface area contributed by atoms with Crippen LogP contribution in [0.1, 0.15) is 31.4 Å². The summed E-state index contributed by atoms with van der Waals surface area (Å²) >= 11 is 0. The van der Waals surface area contributed by atoms with Crippen LogP contribution in [0, 0.1) is 5.92 Å². The largest absolute Gasteiger partial charge is 0.494 e. The first-order valence-corrected chi connectivity index (χ1v) is 6.27. The van der Waals surface area contributed by atoms with E-state index >= 15 is 0 Å². The minimum Gasteiger partial charge on any atom is -0.494 e. The van der Waals surface area contributed by atoms with Crippen molar-refractivity contribution in [2.45, 2.75) is 25.9 Å². The lowest BCUT2D eigenvalue weighted by Crippen LogP contribution is -2.17. The summed E-state index contributed by atoms with van der Waals surface area (Å²) in [5.41, 5.74) is 0.659. The Labute approximate surface area is 111 Å². The van der Waals surface area contributed by atoms with E-state index in [1.165, 1.54) is 0 Å². The predicted octanol–water partition coefficient (Wildman–Crippen LogP) is 2.16. The Kier molecular flexibility index (Phi) is 4.04. The van der Waals surface area contributed by atoms with Crippen LogP contribution >= 0.6 is 0 Å². The van der Waals surface area contributed by atoms with Crippen molar-refractivity contribution in [3.63, 3.8) is 0 Å². The highest BCUT2D eigenvalue weighted by Crippen LogP contribution is 2.36. The van der Waals surface area contributed by atoms with Gasteiger partial charge in [0.05, 0.1) is 13.0 Å². The van der Waals surface area contributed by atoms with Gasteiger partial charge in [-0.1, -0.05) is 19.1 Å². The van der Waals surface area contributed by atoms with Crippen molar-refractivity contribution in [1.82, 2.24) is 0 Å². The molecule has 0 aromatic heterocycles. The molecule has 1 saturated heterocycles. The number of hydrogen-bond acceptors (Lipinski definition) is 4. The fourth-order valence-corrected chi connectivity index (χ4v) is 2.08. The molecule has 0 unspecified atom stereocenters. The molecule has 1 aromatic carbocycles. The molecule has 0 aliphatic carbocycles. The molecule has 102 valence electrons. The van der Waals surface area contributed by atoms with Crippen LogP contribution in [0.5, 0.6) is 5.75 Å². The van der Waals surface area contributed by atoms with Crippen LogP contribution in [0.2, 0.25) is 0 Å². The number of carboxylic acid groups (broad SMARTS) is 1. The molecule has 0 bridgehead atoms. The first-order chi connectivity index (χ1) is 9.11. The number of cyclic esters (lactones) is 1. The van der Waals surface area contributed by atoms with Crippen LogP contribution in [0.4, 0.5) is 0 Å². The molecule has 1 fully saturated rings. The molecule has 1 heterocycles. The van der Waals surface area contributed by atoms with Crippen molar-refractivity contribution in [1.29, 1.82) is 0 Å². The maximum atomic E-state index is 11.3. The minimum atomic E-state index is -1.02. The number of rotatable bonds is 5. The summed E-state index contributed by atoms with van der Waals surface area (Å²) in [6.45, 7) is 2.60. The molecule has 1 aliphatic rings. The van der Waals surface area contributed by atoms with Crippen molar-refractivity contribution in [2.24, 2.45) is 5.92 Å². The fraction of sp³-hybridized carbons (Fsp3) is 0.429. The van der Waals surface area contributed by atoms with E-state index in [9.17, 15) is 9.59 Å². The zero-order valence-corrected chi connectivity index (χ0v) is 10.7. The van der Waals surface area contributed by atoms with Gasteiger partial charge in [0.1, 0.15) is 17.8 Å². The third-order valence-electron chi connectivity index (χ3n) is 2.99. The number of carbonyl (C=O) groups excluding carboxylic acids is 1. The van der Waals surface area contributed by atoms with Gasteiger partial charge in [-0.15, -0.1) is 0 Å². The summed E-state index contributed by atoms with van der Waals surface area (Å²) < 4.78 is 10.6. The molecule has 2 atom stereocenters. The van der Waals surface area contributed by atoms with Crippen LogP contribution in [0.3, 0.4) is 0 Å². The van der Waals surface area contributed by atoms with Crippen molar-refractivity contribution in [3.05, 3.63) is 29.8 Å². The zero-order chi connectivity index (χ0) is 13.8. The predicted molar refractivity (Wildman–Crippen MR) is 66.8 cm³/mol. The average molecular weight is 264 g/mol. The molecule has 2 rings (SSSR count). The summed E-state index contributed by atoms with van der Waals surface area (Å²) in [5, 5.41) is 9.11. The van der Waals surface area contributed by atoms with Gasteiger partial charge < -0.3 is 14.6 Å². The van der Waals surface area contributed by atoms with E-state index in [0.717, 1.165) is 6.42 Å². The number of carbonyl (C=O) groups is 2. The molecule has 5 heteroatoms. The molecule has 1 aromatic rings. The first kappa shape index (κ1) is 13.4. The van der Waals surface area contributed by atoms with Crippen LogP contribution in [0.15, 0.2) is 24.3 Å². The van der Waals surface area contributed by atoms with Crippen LogP contribution in [-0.4, -0.2) is 23.7 Å². The maximum Gasteiger partial charge on any atom is 0.311 e. The number of esters is 1. The molecular formula is C14H16O5. The van der Waals surface area contributed by atoms with E-state index in [1.807, 2.05) is 6.92 Å². The molecule has 0 radical (unpaired) electrons. The highest BCUT2D eigenvalue weighted by Gasteiger charge is 2.40. The lowest BCUT2D eigenvalue weighted by Gasteiger charge is -2.15. The number of benzene rings is 1. The van der Waals surface area contributed by atoms with Crippen molar-refractivity contribution in [3.8, 4) is 5.75 Å². The summed E-state index contributed by atoms with van der Waals surface area (Å²) in [7, 11) is 0. The minimum absolute atomic E-state index is 0.0833. The summed E-state index contributed by atoms with van der Waals surface area (Å²) in [6, 6.07) is 7.05. The highest BCUT2D eigenvalue weighted by molar-refractivity contribution is 5.82. The second kappa shape index (κ2) is 5.73. The van der Waals surface area contributed by atoms with Crippen LogP contribution in [0.25, 0.3) is 0 Å². The Hall–Kier alpha value is -2.04. The first-order valence-electron chi connectivity index (χ1n) is 6.27. The van der Waals surface area contributed by atoms with Gasteiger partial charge in [0.25, 0.3) is 0 Å². The molecule has 1 aliphatic heterocycles. The molecule has 1 N–H and O–H groups in total. The Morgan fingerprint density at radius 3 is 3.00 bits per heavy atom. The average Bonchev–Trinajstić information content (AvgIpc) is 2.79. The molecule has 0 spiro atoms. The van der Waals surface area contributed by atoms with Crippen LogP contribution in [-0.2, 0) is 14.3 Å². The lowest BCUT2D eigenvalue weighted by atomic mass is 9.95. The number of hydrogen-bond donors (Lipinski definition) is 1. The summed E-state index contributed by atoms with van der Waals surface area (Å²) in [5.74, 6) is -1.66. The summed E-state index contributed by atoms with van der Waals surface area (Å²) in [4.78, 5) is 22.4. The number of ether oxygens (including phenoxy) is 2. The van der Waals surface area contributed by atoms with Gasteiger partial charge >= 0.3 is 11.9 Å². The normalized spacial score (nSPS) is 22.1. The third-order valence-corrected chi connectivity index (χ3v) is 2.99. The Morgan fingerprint density at radius 2 is 2.32 bits per heavy atom. The summed E-state index contributed by atoms with van der Waals surface area (Å²) in [6.07, 6.45) is 0.0793. The molecule has 19 heavy (non-hydrogen) atoms. The zero-order valence-electron chi connectivity index (χ0n) is 10.7. The second-order valence-corrected chi connectivity index (χ2v) is 4.48. The molecule has 0 saturated carbocycles. The number of aliphatic carboxylic acids is 1. The topological polar surface area (TPSA) is 72.8 Å². The Balaban J connectivity index is 2.20. The SMILES string of the molecule is CCCOc1cccc([C@H]2OC(=O)C[C@@H]2C(=O)O)c1. The molecule has 5 nitrogen and oxygen atoms in total. The Bertz CT molecular complexity index is 482. The van der Waals surface area contributed by atoms with Gasteiger partial charge in [-0.2, -0.15) is 0 Å². The third kappa shape index (κ3) is 3.05. The van der Waals surface area contributed by atoms with Gasteiger partial charge in [0.15, 0.2) is 0 Å². The molecule has 0 amide bonds. The number of carboxylic acids is 1. The van der Waals surface area contributed by atoms with E-state index in [2.05, 4.69) is 0 Å². The second-order valence-electron chi connectivity index (χ2n) is 4.48. The standard InChI is InChI=1S/C14H16O5/c1-2-6-18-10-5-3-4-9(7-10)13-11(14(16)17)8-12(15)19-13/h3-5,7,11,13H,2,6,8H2,1H3,(H,16,17)/t11-,13+/m0/s1. The Morgan fingerprint density at radius 1 is 1.53 bits per heavy atom.